The van der Waals surface area contributed by atoms with Crippen molar-refractivity contribution in [3.05, 3.63) is 51.2 Å². The Kier molecular flexibility index (Phi) is 5.42. The van der Waals surface area contributed by atoms with E-state index in [4.69, 9.17) is 16.1 Å². The van der Waals surface area contributed by atoms with Crippen LogP contribution < -0.4 is 5.32 Å². The number of aryl methyl sites for hydroxylation is 2. The van der Waals surface area contributed by atoms with Gasteiger partial charge in [-0.05, 0) is 43.4 Å². The molecule has 1 amide bonds. The van der Waals surface area contributed by atoms with E-state index in [1.165, 1.54) is 16.2 Å². The van der Waals surface area contributed by atoms with E-state index in [0.717, 1.165) is 31.2 Å². The lowest BCUT2D eigenvalue weighted by molar-refractivity contribution is -0.116. The molecule has 142 valence electrons. The molecule has 28 heavy (non-hydrogen) atoms. The molecule has 1 N–H and O–H groups in total. The van der Waals surface area contributed by atoms with Gasteiger partial charge in [0.25, 0.3) is 0 Å². The molecule has 6 nitrogen and oxygen atoms in total. The zero-order chi connectivity index (χ0) is 19.5. The highest BCUT2D eigenvalue weighted by atomic mass is 35.5. The Hall–Kier alpha value is -2.69. The molecule has 4 rings (SSSR count). The number of benzene rings is 1. The molecule has 0 saturated carbocycles. The summed E-state index contributed by atoms with van der Waals surface area (Å²) < 4.78 is 5.24. The van der Waals surface area contributed by atoms with E-state index in [0.29, 0.717) is 39.3 Å². The number of halogens is 1. The Bertz CT molecular complexity index is 1070. The number of aromatic nitrogens is 2. The fraction of sp³-hybridized carbons (Fsp3) is 0.300. The van der Waals surface area contributed by atoms with Crippen LogP contribution in [0.4, 0.5) is 5.00 Å². The first-order valence-corrected chi connectivity index (χ1v) is 10.3. The number of carbonyl (C=O) groups excluding carboxylic acids is 1. The SMILES string of the molecule is N#Cc1c(NC(=O)CCc2nc(-c3ccccc3Cl)no2)sc2c1CCCC2. The highest BCUT2D eigenvalue weighted by Gasteiger charge is 2.22. The Morgan fingerprint density at radius 2 is 2.14 bits per heavy atom. The number of nitrogens with zero attached hydrogens (tertiary/aromatic N) is 3. The van der Waals surface area contributed by atoms with Gasteiger partial charge in [0.05, 0.1) is 10.6 Å². The quantitative estimate of drug-likeness (QED) is 0.651. The average molecular weight is 413 g/mol. The van der Waals surface area contributed by atoms with Gasteiger partial charge in [0.15, 0.2) is 0 Å². The number of thiophene rings is 1. The van der Waals surface area contributed by atoms with Gasteiger partial charge >= 0.3 is 0 Å². The summed E-state index contributed by atoms with van der Waals surface area (Å²) in [6.45, 7) is 0. The molecule has 2 heterocycles. The molecule has 0 atom stereocenters. The molecule has 1 aliphatic rings. The van der Waals surface area contributed by atoms with Gasteiger partial charge < -0.3 is 9.84 Å². The topological polar surface area (TPSA) is 91.8 Å². The second-order valence-electron chi connectivity index (χ2n) is 6.57. The van der Waals surface area contributed by atoms with E-state index in [2.05, 4.69) is 21.5 Å². The second kappa shape index (κ2) is 8.13. The van der Waals surface area contributed by atoms with Crippen molar-refractivity contribution in [1.82, 2.24) is 10.1 Å². The van der Waals surface area contributed by atoms with Gasteiger partial charge in [0.1, 0.15) is 11.1 Å². The van der Waals surface area contributed by atoms with E-state index in [1.807, 2.05) is 18.2 Å². The van der Waals surface area contributed by atoms with Crippen molar-refractivity contribution in [1.29, 1.82) is 5.26 Å². The Morgan fingerprint density at radius 3 is 2.96 bits per heavy atom. The molecular weight excluding hydrogens is 396 g/mol. The molecule has 8 heteroatoms. The summed E-state index contributed by atoms with van der Waals surface area (Å²) in [4.78, 5) is 17.9. The van der Waals surface area contributed by atoms with Crippen molar-refractivity contribution < 1.29 is 9.32 Å². The van der Waals surface area contributed by atoms with Crippen molar-refractivity contribution in [2.75, 3.05) is 5.32 Å². The number of hydrogen-bond donors (Lipinski definition) is 1. The van der Waals surface area contributed by atoms with E-state index >= 15 is 0 Å². The molecule has 1 aromatic carbocycles. The normalized spacial score (nSPS) is 13.0. The molecule has 0 bridgehead atoms. The summed E-state index contributed by atoms with van der Waals surface area (Å²) in [5, 5.41) is 17.5. The number of rotatable bonds is 5. The fourth-order valence-electron chi connectivity index (χ4n) is 3.29. The number of nitrogens with one attached hydrogen (secondary N) is 1. The van der Waals surface area contributed by atoms with Crippen LogP contribution in [0, 0.1) is 11.3 Å². The lowest BCUT2D eigenvalue weighted by Crippen LogP contribution is -2.12. The highest BCUT2D eigenvalue weighted by Crippen LogP contribution is 2.37. The molecule has 3 aromatic rings. The summed E-state index contributed by atoms with van der Waals surface area (Å²) in [6.07, 6.45) is 4.63. The second-order valence-corrected chi connectivity index (χ2v) is 8.08. The molecule has 0 fully saturated rings. The third-order valence-electron chi connectivity index (χ3n) is 4.68. The van der Waals surface area contributed by atoms with Crippen molar-refractivity contribution in [3.8, 4) is 17.5 Å². The first kappa shape index (κ1) is 18.7. The number of carbonyl (C=O) groups is 1. The monoisotopic (exact) mass is 412 g/mol. The minimum absolute atomic E-state index is 0.174. The Balaban J connectivity index is 1.40. The molecular formula is C20H17ClN4O2S. The van der Waals surface area contributed by atoms with Crippen LogP contribution in [-0.4, -0.2) is 16.0 Å². The highest BCUT2D eigenvalue weighted by molar-refractivity contribution is 7.16. The standard InChI is InChI=1S/C20H17ClN4O2S/c21-15-7-3-1-6-13(15)19-24-18(27-25-19)10-9-17(26)23-20-14(11-22)12-5-2-4-8-16(12)28-20/h1,3,6-7H,2,4-5,8-10H2,(H,23,26). The van der Waals surface area contributed by atoms with Gasteiger partial charge in [-0.25, -0.2) is 0 Å². The molecule has 1 aliphatic carbocycles. The third kappa shape index (κ3) is 3.79. The van der Waals surface area contributed by atoms with Crippen molar-refractivity contribution in [3.63, 3.8) is 0 Å². The number of fused-ring (bicyclic) bond motifs is 1. The van der Waals surface area contributed by atoms with Gasteiger partial charge in [-0.1, -0.05) is 28.9 Å². The smallest absolute Gasteiger partial charge is 0.227 e. The third-order valence-corrected chi connectivity index (χ3v) is 6.22. The lowest BCUT2D eigenvalue weighted by atomic mass is 9.96. The zero-order valence-corrected chi connectivity index (χ0v) is 16.6. The summed E-state index contributed by atoms with van der Waals surface area (Å²) >= 11 is 7.67. The Morgan fingerprint density at radius 1 is 1.32 bits per heavy atom. The maximum Gasteiger partial charge on any atom is 0.227 e. The van der Waals surface area contributed by atoms with Crippen molar-refractivity contribution in [2.45, 2.75) is 38.5 Å². The fourth-order valence-corrected chi connectivity index (χ4v) is 4.77. The van der Waals surface area contributed by atoms with Crippen LogP contribution in [0.3, 0.4) is 0 Å². The summed E-state index contributed by atoms with van der Waals surface area (Å²) in [7, 11) is 0. The van der Waals surface area contributed by atoms with E-state index in [1.54, 1.807) is 6.07 Å². The average Bonchev–Trinajstić information content (AvgIpc) is 3.30. The summed E-state index contributed by atoms with van der Waals surface area (Å²) in [6, 6.07) is 9.49. The van der Waals surface area contributed by atoms with E-state index in [9.17, 15) is 10.1 Å². The number of anilines is 1. The van der Waals surface area contributed by atoms with Crippen molar-refractivity contribution >= 4 is 33.8 Å². The number of hydrogen-bond acceptors (Lipinski definition) is 6. The molecule has 0 unspecified atom stereocenters. The van der Waals surface area contributed by atoms with Gasteiger partial charge in [-0.2, -0.15) is 10.2 Å². The number of amides is 1. The van der Waals surface area contributed by atoms with Gasteiger partial charge in [-0.3, -0.25) is 4.79 Å². The van der Waals surface area contributed by atoms with Crippen LogP contribution in [0.1, 0.15) is 41.2 Å². The predicted octanol–water partition coefficient (Wildman–Crippen LogP) is 4.77. The first-order valence-electron chi connectivity index (χ1n) is 9.07. The summed E-state index contributed by atoms with van der Waals surface area (Å²) in [5.41, 5.74) is 2.41. The van der Waals surface area contributed by atoms with E-state index < -0.39 is 0 Å². The van der Waals surface area contributed by atoms with Crippen LogP contribution >= 0.6 is 22.9 Å². The van der Waals surface area contributed by atoms with Crippen molar-refractivity contribution in [2.24, 2.45) is 0 Å². The van der Waals surface area contributed by atoms with Gasteiger partial charge in [0, 0.05) is 23.3 Å². The van der Waals surface area contributed by atoms with Crippen LogP contribution in [0.15, 0.2) is 28.8 Å². The lowest BCUT2D eigenvalue weighted by Gasteiger charge is -2.09. The number of nitriles is 1. The molecule has 2 aromatic heterocycles. The van der Waals surface area contributed by atoms with Gasteiger partial charge in [-0.15, -0.1) is 11.3 Å². The van der Waals surface area contributed by atoms with Crippen LogP contribution in [0.25, 0.3) is 11.4 Å². The minimum atomic E-state index is -0.174. The summed E-state index contributed by atoms with van der Waals surface area (Å²) in [5.74, 6) is 0.599. The molecule has 0 saturated heterocycles. The maximum absolute atomic E-state index is 12.4. The maximum atomic E-state index is 12.4. The van der Waals surface area contributed by atoms with Gasteiger partial charge in [0.2, 0.25) is 17.6 Å². The van der Waals surface area contributed by atoms with E-state index in [-0.39, 0.29) is 12.3 Å². The largest absolute Gasteiger partial charge is 0.339 e. The zero-order valence-electron chi connectivity index (χ0n) is 15.0. The minimum Gasteiger partial charge on any atom is -0.339 e. The Labute approximate surface area is 171 Å². The molecule has 0 radical (unpaired) electrons. The molecule has 0 spiro atoms. The molecule has 0 aliphatic heterocycles. The van der Waals surface area contributed by atoms with Crippen LogP contribution in [0.5, 0.6) is 0 Å². The van der Waals surface area contributed by atoms with Crippen LogP contribution in [-0.2, 0) is 24.1 Å². The van der Waals surface area contributed by atoms with Crippen LogP contribution in [0.2, 0.25) is 5.02 Å². The first-order chi connectivity index (χ1) is 13.7. The predicted molar refractivity (Wildman–Crippen MR) is 107 cm³/mol.